The highest BCUT2D eigenvalue weighted by Gasteiger charge is 2.16. The van der Waals surface area contributed by atoms with Crippen LogP contribution in [-0.2, 0) is 4.79 Å². The molecule has 0 fully saturated rings. The second-order valence-corrected chi connectivity index (χ2v) is 5.88. The van der Waals surface area contributed by atoms with Gasteiger partial charge in [0, 0.05) is 5.75 Å². The van der Waals surface area contributed by atoms with E-state index in [-0.39, 0.29) is 6.42 Å². The van der Waals surface area contributed by atoms with Gasteiger partial charge in [0.05, 0.1) is 17.7 Å². The third kappa shape index (κ3) is 2.88. The lowest BCUT2D eigenvalue weighted by Gasteiger charge is -1.92. The third-order valence-corrected chi connectivity index (χ3v) is 4.27. The highest BCUT2D eigenvalue weighted by Crippen LogP contribution is 2.33. The first-order valence-electron chi connectivity index (χ1n) is 5.19. The average Bonchev–Trinajstić information content (AvgIpc) is 2.86. The lowest BCUT2D eigenvalue weighted by atomic mass is 10.2. The Morgan fingerprint density at radius 3 is 2.83 bits per heavy atom. The summed E-state index contributed by atoms with van der Waals surface area (Å²) in [5.74, 6) is 0.398. The maximum absolute atomic E-state index is 10.4. The maximum atomic E-state index is 10.4. The summed E-state index contributed by atoms with van der Waals surface area (Å²) >= 11 is 2.81. The number of aliphatic carboxylic acids is 1. The molecular formula is C10H11N3O3S2. The fourth-order valence-electron chi connectivity index (χ4n) is 1.38. The van der Waals surface area contributed by atoms with Gasteiger partial charge in [-0.2, -0.15) is 0 Å². The lowest BCUT2D eigenvalue weighted by molar-refractivity contribution is -0.136. The Morgan fingerprint density at radius 1 is 1.44 bits per heavy atom. The van der Waals surface area contributed by atoms with Gasteiger partial charge in [-0.1, -0.05) is 28.3 Å². The highest BCUT2D eigenvalue weighted by atomic mass is 32.2. The van der Waals surface area contributed by atoms with Crippen LogP contribution in [-0.4, -0.2) is 32.2 Å². The second kappa shape index (κ2) is 5.49. The van der Waals surface area contributed by atoms with Gasteiger partial charge < -0.3 is 9.63 Å². The Hall–Kier alpha value is -1.41. The molecule has 0 aromatic carbocycles. The van der Waals surface area contributed by atoms with Gasteiger partial charge in [-0.05, 0) is 13.8 Å². The van der Waals surface area contributed by atoms with Crippen LogP contribution in [0.1, 0.15) is 17.9 Å². The predicted octanol–water partition coefficient (Wildman–Crippen LogP) is 2.38. The van der Waals surface area contributed by atoms with Crippen LogP contribution in [0.5, 0.6) is 0 Å². The van der Waals surface area contributed by atoms with Crippen LogP contribution < -0.4 is 0 Å². The van der Waals surface area contributed by atoms with E-state index in [0.717, 1.165) is 20.6 Å². The fraction of sp³-hybridized carbons (Fsp3) is 0.400. The van der Waals surface area contributed by atoms with E-state index in [1.54, 1.807) is 0 Å². The molecule has 2 aromatic heterocycles. The molecule has 0 aliphatic heterocycles. The standard InChI is InChI=1S/C10H11N3O3S2/c1-5-8(6(2)16-13-5)9-11-12-10(18-9)17-4-3-7(14)15/h3-4H2,1-2H3,(H,14,15). The molecule has 1 N–H and O–H groups in total. The Morgan fingerprint density at radius 2 is 2.22 bits per heavy atom. The molecular weight excluding hydrogens is 274 g/mol. The molecule has 96 valence electrons. The van der Waals surface area contributed by atoms with Crippen molar-refractivity contribution in [2.45, 2.75) is 24.6 Å². The summed E-state index contributed by atoms with van der Waals surface area (Å²) in [6.07, 6.45) is 0.116. The normalized spacial score (nSPS) is 10.8. The van der Waals surface area contributed by atoms with Crippen molar-refractivity contribution >= 4 is 29.1 Å². The number of carbonyl (C=O) groups is 1. The van der Waals surface area contributed by atoms with Gasteiger partial charge in [-0.3, -0.25) is 4.79 Å². The van der Waals surface area contributed by atoms with E-state index in [9.17, 15) is 4.79 Å². The number of rotatable bonds is 5. The molecule has 2 rings (SSSR count). The minimum Gasteiger partial charge on any atom is -0.481 e. The highest BCUT2D eigenvalue weighted by molar-refractivity contribution is 8.01. The summed E-state index contributed by atoms with van der Waals surface area (Å²) in [5, 5.41) is 21.3. The summed E-state index contributed by atoms with van der Waals surface area (Å²) in [4.78, 5) is 10.4. The first-order chi connectivity index (χ1) is 8.58. The van der Waals surface area contributed by atoms with Gasteiger partial charge in [-0.15, -0.1) is 10.2 Å². The number of carboxylic acid groups (broad SMARTS) is 1. The van der Waals surface area contributed by atoms with E-state index >= 15 is 0 Å². The maximum Gasteiger partial charge on any atom is 0.304 e. The summed E-state index contributed by atoms with van der Waals surface area (Å²) in [7, 11) is 0. The number of aryl methyl sites for hydroxylation is 2. The van der Waals surface area contributed by atoms with E-state index in [0.29, 0.717) is 11.5 Å². The second-order valence-electron chi connectivity index (χ2n) is 3.56. The van der Waals surface area contributed by atoms with Crippen molar-refractivity contribution in [3.63, 3.8) is 0 Å². The van der Waals surface area contributed by atoms with Crippen LogP contribution >= 0.6 is 23.1 Å². The SMILES string of the molecule is Cc1noc(C)c1-c1nnc(SCCC(=O)O)s1. The number of hydrogen-bond donors (Lipinski definition) is 1. The third-order valence-electron chi connectivity index (χ3n) is 2.20. The monoisotopic (exact) mass is 285 g/mol. The zero-order chi connectivity index (χ0) is 13.1. The van der Waals surface area contributed by atoms with Gasteiger partial charge in [0.2, 0.25) is 0 Å². The van der Waals surface area contributed by atoms with Crippen LogP contribution in [0.3, 0.4) is 0 Å². The molecule has 0 bridgehead atoms. The molecule has 0 spiro atoms. The summed E-state index contributed by atoms with van der Waals surface area (Å²) in [6.45, 7) is 3.68. The summed E-state index contributed by atoms with van der Waals surface area (Å²) in [6, 6.07) is 0. The van der Waals surface area contributed by atoms with Gasteiger partial charge in [0.1, 0.15) is 5.76 Å². The molecule has 2 heterocycles. The minimum absolute atomic E-state index is 0.116. The molecule has 6 nitrogen and oxygen atoms in total. The minimum atomic E-state index is -0.807. The Balaban J connectivity index is 2.09. The lowest BCUT2D eigenvalue weighted by Crippen LogP contribution is -1.95. The molecule has 2 aromatic rings. The quantitative estimate of drug-likeness (QED) is 0.843. The molecule has 0 atom stereocenters. The van der Waals surface area contributed by atoms with Crippen LogP contribution in [0, 0.1) is 13.8 Å². The number of thioether (sulfide) groups is 1. The topological polar surface area (TPSA) is 89.1 Å². The van der Waals surface area contributed by atoms with Gasteiger partial charge in [0.15, 0.2) is 9.35 Å². The van der Waals surface area contributed by atoms with E-state index in [1.807, 2.05) is 13.8 Å². The van der Waals surface area contributed by atoms with Crippen LogP contribution in [0.25, 0.3) is 10.6 Å². The van der Waals surface area contributed by atoms with Crippen molar-refractivity contribution in [3.05, 3.63) is 11.5 Å². The van der Waals surface area contributed by atoms with Crippen LogP contribution in [0.2, 0.25) is 0 Å². The van der Waals surface area contributed by atoms with Gasteiger partial charge >= 0.3 is 5.97 Å². The molecule has 0 unspecified atom stereocenters. The zero-order valence-electron chi connectivity index (χ0n) is 9.84. The van der Waals surface area contributed by atoms with E-state index in [1.165, 1.54) is 23.1 Å². The number of nitrogens with zero attached hydrogens (tertiary/aromatic N) is 3. The largest absolute Gasteiger partial charge is 0.481 e. The molecule has 18 heavy (non-hydrogen) atoms. The average molecular weight is 285 g/mol. The number of hydrogen-bond acceptors (Lipinski definition) is 7. The summed E-state index contributed by atoms with van der Waals surface area (Å²) in [5.41, 5.74) is 1.66. The van der Waals surface area contributed by atoms with Crippen LogP contribution in [0.15, 0.2) is 8.86 Å². The smallest absolute Gasteiger partial charge is 0.304 e. The Kier molecular flexibility index (Phi) is 3.97. The first-order valence-corrected chi connectivity index (χ1v) is 6.99. The molecule has 0 saturated heterocycles. The molecule has 0 aliphatic rings. The van der Waals surface area contributed by atoms with Crippen molar-refractivity contribution < 1.29 is 14.4 Å². The van der Waals surface area contributed by atoms with Gasteiger partial charge in [-0.25, -0.2) is 0 Å². The van der Waals surface area contributed by atoms with Crippen molar-refractivity contribution in [1.29, 1.82) is 0 Å². The zero-order valence-corrected chi connectivity index (χ0v) is 11.5. The number of aromatic nitrogens is 3. The molecule has 0 saturated carbocycles. The van der Waals surface area contributed by atoms with Gasteiger partial charge in [0.25, 0.3) is 0 Å². The summed E-state index contributed by atoms with van der Waals surface area (Å²) < 4.78 is 5.83. The van der Waals surface area contributed by atoms with Crippen molar-refractivity contribution in [2.24, 2.45) is 0 Å². The van der Waals surface area contributed by atoms with E-state index in [2.05, 4.69) is 15.4 Å². The van der Waals surface area contributed by atoms with E-state index < -0.39 is 5.97 Å². The molecule has 0 radical (unpaired) electrons. The van der Waals surface area contributed by atoms with Crippen LogP contribution in [0.4, 0.5) is 0 Å². The molecule has 0 aliphatic carbocycles. The molecule has 8 heteroatoms. The number of carboxylic acids is 1. The van der Waals surface area contributed by atoms with Crippen molar-refractivity contribution in [2.75, 3.05) is 5.75 Å². The van der Waals surface area contributed by atoms with E-state index in [4.69, 9.17) is 9.63 Å². The fourth-order valence-corrected chi connectivity index (χ4v) is 3.38. The Labute approximate surface area is 111 Å². The van der Waals surface area contributed by atoms with Crippen molar-refractivity contribution in [1.82, 2.24) is 15.4 Å². The Bertz CT molecular complexity index is 545. The van der Waals surface area contributed by atoms with Crippen molar-refractivity contribution in [3.8, 4) is 10.6 Å². The molecule has 0 amide bonds. The first kappa shape index (κ1) is 13.0. The predicted molar refractivity (Wildman–Crippen MR) is 67.9 cm³/mol.